The van der Waals surface area contributed by atoms with Crippen molar-refractivity contribution in [3.63, 3.8) is 0 Å². The smallest absolute Gasteiger partial charge is 0.0555 e. The summed E-state index contributed by atoms with van der Waals surface area (Å²) in [5.74, 6) is 0.827. The SMILES string of the molecule is CCCCCCl.Cc1cnccn1. The van der Waals surface area contributed by atoms with Gasteiger partial charge >= 0.3 is 0 Å². The number of alkyl halides is 1. The standard InChI is InChI=1S/C5H11Cl.C5H6N2/c1-2-3-4-5-6;1-5-4-6-2-3-7-5/h2-5H2,1H3;2-4H,1H3. The Labute approximate surface area is 85.4 Å². The summed E-state index contributed by atoms with van der Waals surface area (Å²) in [6.07, 6.45) is 8.79. The lowest BCUT2D eigenvalue weighted by atomic mass is 10.3. The van der Waals surface area contributed by atoms with Crippen LogP contribution in [0.4, 0.5) is 0 Å². The molecule has 0 fully saturated rings. The molecule has 1 aromatic rings. The number of aromatic nitrogens is 2. The molecule has 3 heteroatoms. The Morgan fingerprint density at radius 2 is 2.08 bits per heavy atom. The van der Waals surface area contributed by atoms with Gasteiger partial charge in [0.2, 0.25) is 0 Å². The van der Waals surface area contributed by atoms with Crippen LogP contribution in [-0.4, -0.2) is 15.8 Å². The number of aryl methyl sites for hydroxylation is 1. The number of unbranched alkanes of at least 4 members (excludes halogenated alkanes) is 2. The lowest BCUT2D eigenvalue weighted by molar-refractivity contribution is 0.776. The van der Waals surface area contributed by atoms with Gasteiger partial charge in [-0.1, -0.05) is 19.8 Å². The third-order valence-corrected chi connectivity index (χ3v) is 1.70. The molecule has 0 unspecified atom stereocenters. The second kappa shape index (κ2) is 9.46. The fourth-order valence-electron chi connectivity index (χ4n) is 0.718. The first-order valence-corrected chi connectivity index (χ1v) is 5.13. The Bertz CT molecular complexity index is 185. The van der Waals surface area contributed by atoms with Crippen LogP contribution in [0.3, 0.4) is 0 Å². The van der Waals surface area contributed by atoms with Crippen LogP contribution in [-0.2, 0) is 0 Å². The number of halogens is 1. The normalized spacial score (nSPS) is 8.85. The maximum atomic E-state index is 5.38. The first-order chi connectivity index (χ1) is 6.31. The zero-order valence-electron chi connectivity index (χ0n) is 8.33. The van der Waals surface area contributed by atoms with Gasteiger partial charge in [0.15, 0.2) is 0 Å². The van der Waals surface area contributed by atoms with E-state index in [-0.39, 0.29) is 0 Å². The highest BCUT2D eigenvalue weighted by molar-refractivity contribution is 6.17. The molecule has 0 saturated carbocycles. The van der Waals surface area contributed by atoms with Crippen LogP contribution in [0.1, 0.15) is 31.9 Å². The Hall–Kier alpha value is -0.630. The molecule has 0 atom stereocenters. The molecule has 0 aliphatic rings. The number of nitrogens with zero attached hydrogens (tertiary/aromatic N) is 2. The second-order valence-corrected chi connectivity index (χ2v) is 3.12. The van der Waals surface area contributed by atoms with Gasteiger partial charge in [-0.25, -0.2) is 0 Å². The van der Waals surface area contributed by atoms with Crippen molar-refractivity contribution in [2.45, 2.75) is 33.1 Å². The van der Waals surface area contributed by atoms with Gasteiger partial charge in [-0.15, -0.1) is 11.6 Å². The van der Waals surface area contributed by atoms with Gasteiger partial charge in [-0.2, -0.15) is 0 Å². The summed E-state index contributed by atoms with van der Waals surface area (Å²) >= 11 is 5.38. The summed E-state index contributed by atoms with van der Waals surface area (Å²) in [7, 11) is 0. The summed E-state index contributed by atoms with van der Waals surface area (Å²) in [4.78, 5) is 7.74. The zero-order valence-corrected chi connectivity index (χ0v) is 9.09. The summed E-state index contributed by atoms with van der Waals surface area (Å²) in [5, 5.41) is 0. The van der Waals surface area contributed by atoms with Gasteiger partial charge in [0.05, 0.1) is 5.69 Å². The molecule has 0 spiro atoms. The van der Waals surface area contributed by atoms with Crippen molar-refractivity contribution in [3.8, 4) is 0 Å². The summed E-state index contributed by atoms with van der Waals surface area (Å²) < 4.78 is 0. The van der Waals surface area contributed by atoms with Gasteiger partial charge in [-0.3, -0.25) is 9.97 Å². The van der Waals surface area contributed by atoms with E-state index in [1.807, 2.05) is 6.92 Å². The molecule has 0 aliphatic heterocycles. The minimum Gasteiger partial charge on any atom is -0.261 e. The van der Waals surface area contributed by atoms with E-state index < -0.39 is 0 Å². The molecular formula is C10H17ClN2. The molecule has 0 amide bonds. The van der Waals surface area contributed by atoms with Crippen LogP contribution >= 0.6 is 11.6 Å². The van der Waals surface area contributed by atoms with Gasteiger partial charge in [-0.05, 0) is 13.3 Å². The topological polar surface area (TPSA) is 25.8 Å². The van der Waals surface area contributed by atoms with Crippen molar-refractivity contribution >= 4 is 11.6 Å². The Morgan fingerprint density at radius 3 is 2.31 bits per heavy atom. The molecule has 74 valence electrons. The maximum Gasteiger partial charge on any atom is 0.0555 e. The lowest BCUT2D eigenvalue weighted by Crippen LogP contribution is -1.77. The van der Waals surface area contributed by atoms with Gasteiger partial charge in [0.25, 0.3) is 0 Å². The maximum absolute atomic E-state index is 5.38. The minimum absolute atomic E-state index is 0.827. The molecule has 1 aromatic heterocycles. The molecule has 0 aliphatic carbocycles. The van der Waals surface area contributed by atoms with Crippen LogP contribution in [0.5, 0.6) is 0 Å². The van der Waals surface area contributed by atoms with Gasteiger partial charge in [0, 0.05) is 24.5 Å². The highest BCUT2D eigenvalue weighted by Gasteiger charge is 1.77. The van der Waals surface area contributed by atoms with E-state index in [1.165, 1.54) is 19.3 Å². The molecule has 1 rings (SSSR count). The van der Waals surface area contributed by atoms with E-state index >= 15 is 0 Å². The molecular weight excluding hydrogens is 184 g/mol. The van der Waals surface area contributed by atoms with E-state index in [1.54, 1.807) is 18.6 Å². The first-order valence-electron chi connectivity index (χ1n) is 4.59. The van der Waals surface area contributed by atoms with E-state index in [0.717, 1.165) is 11.6 Å². The Morgan fingerprint density at radius 1 is 1.31 bits per heavy atom. The molecule has 0 radical (unpaired) electrons. The average molecular weight is 201 g/mol. The number of hydrogen-bond acceptors (Lipinski definition) is 2. The highest BCUT2D eigenvalue weighted by Crippen LogP contribution is 1.93. The average Bonchev–Trinajstić information content (AvgIpc) is 2.17. The third kappa shape index (κ3) is 9.28. The van der Waals surface area contributed by atoms with Crippen molar-refractivity contribution in [2.75, 3.05) is 5.88 Å². The van der Waals surface area contributed by atoms with Crippen LogP contribution in [0.15, 0.2) is 18.6 Å². The lowest BCUT2D eigenvalue weighted by Gasteiger charge is -1.84. The quantitative estimate of drug-likeness (QED) is 0.553. The van der Waals surface area contributed by atoms with Crippen molar-refractivity contribution in [3.05, 3.63) is 24.3 Å². The highest BCUT2D eigenvalue weighted by atomic mass is 35.5. The van der Waals surface area contributed by atoms with Crippen LogP contribution < -0.4 is 0 Å². The zero-order chi connectivity index (χ0) is 9.94. The third-order valence-electron chi connectivity index (χ3n) is 1.43. The summed E-state index contributed by atoms with van der Waals surface area (Å²) in [6, 6.07) is 0. The second-order valence-electron chi connectivity index (χ2n) is 2.74. The molecule has 0 N–H and O–H groups in total. The van der Waals surface area contributed by atoms with Gasteiger partial charge < -0.3 is 0 Å². The van der Waals surface area contributed by atoms with Crippen molar-refractivity contribution < 1.29 is 0 Å². The fourth-order valence-corrected chi connectivity index (χ4v) is 0.907. The van der Waals surface area contributed by atoms with Crippen LogP contribution in [0.2, 0.25) is 0 Å². The van der Waals surface area contributed by atoms with E-state index in [4.69, 9.17) is 11.6 Å². The van der Waals surface area contributed by atoms with E-state index in [2.05, 4.69) is 16.9 Å². The van der Waals surface area contributed by atoms with Crippen LogP contribution in [0, 0.1) is 6.92 Å². The molecule has 0 bridgehead atoms. The number of rotatable bonds is 3. The molecule has 1 heterocycles. The Balaban J connectivity index is 0.000000226. The minimum atomic E-state index is 0.827. The summed E-state index contributed by atoms with van der Waals surface area (Å²) in [6.45, 7) is 4.08. The predicted molar refractivity (Wildman–Crippen MR) is 57.0 cm³/mol. The molecule has 0 aromatic carbocycles. The molecule has 0 saturated heterocycles. The van der Waals surface area contributed by atoms with E-state index in [9.17, 15) is 0 Å². The fraction of sp³-hybridized carbons (Fsp3) is 0.600. The molecule has 13 heavy (non-hydrogen) atoms. The summed E-state index contributed by atoms with van der Waals surface area (Å²) in [5.41, 5.74) is 0.961. The number of hydrogen-bond donors (Lipinski definition) is 0. The van der Waals surface area contributed by atoms with Crippen LogP contribution in [0.25, 0.3) is 0 Å². The van der Waals surface area contributed by atoms with E-state index in [0.29, 0.717) is 0 Å². The van der Waals surface area contributed by atoms with Crippen molar-refractivity contribution in [1.29, 1.82) is 0 Å². The van der Waals surface area contributed by atoms with Gasteiger partial charge in [0.1, 0.15) is 0 Å². The first kappa shape index (κ1) is 12.4. The van der Waals surface area contributed by atoms with Crippen molar-refractivity contribution in [2.24, 2.45) is 0 Å². The predicted octanol–water partition coefficient (Wildman–Crippen LogP) is 3.20. The Kier molecular flexibility index (Phi) is 9.00. The molecule has 2 nitrogen and oxygen atoms in total. The monoisotopic (exact) mass is 200 g/mol. The largest absolute Gasteiger partial charge is 0.261 e. The van der Waals surface area contributed by atoms with Crippen molar-refractivity contribution in [1.82, 2.24) is 9.97 Å².